The second-order valence-electron chi connectivity index (χ2n) is 4.15. The fourth-order valence-corrected chi connectivity index (χ4v) is 1.95. The largest absolute Gasteiger partial charge is 0.385 e. The lowest BCUT2D eigenvalue weighted by molar-refractivity contribution is -0.384. The van der Waals surface area contributed by atoms with Crippen molar-refractivity contribution in [2.75, 3.05) is 18.5 Å². The molecule has 17 heavy (non-hydrogen) atoms. The molecule has 1 heterocycles. The summed E-state index contributed by atoms with van der Waals surface area (Å²) in [5.41, 5.74) is 1.03. The van der Waals surface area contributed by atoms with Crippen LogP contribution in [-0.4, -0.2) is 24.2 Å². The highest BCUT2D eigenvalue weighted by Gasteiger charge is 2.14. The van der Waals surface area contributed by atoms with E-state index in [9.17, 15) is 10.1 Å². The Morgan fingerprint density at radius 3 is 2.76 bits per heavy atom. The van der Waals surface area contributed by atoms with Gasteiger partial charge in [0.2, 0.25) is 0 Å². The van der Waals surface area contributed by atoms with Gasteiger partial charge >= 0.3 is 0 Å². The fraction of sp³-hybridized carbons (Fsp3) is 0.500. The quantitative estimate of drug-likeness (QED) is 0.630. The number of rotatable bonds is 5. The van der Waals surface area contributed by atoms with E-state index in [2.05, 4.69) is 5.32 Å². The van der Waals surface area contributed by atoms with E-state index in [-0.39, 0.29) is 5.69 Å². The molecule has 0 aromatic heterocycles. The van der Waals surface area contributed by atoms with Gasteiger partial charge in [-0.3, -0.25) is 10.1 Å². The van der Waals surface area contributed by atoms with Gasteiger partial charge in [-0.1, -0.05) is 0 Å². The summed E-state index contributed by atoms with van der Waals surface area (Å²) in [5.74, 6) is 0. The van der Waals surface area contributed by atoms with Gasteiger partial charge in [0.1, 0.15) is 0 Å². The number of nitrogens with zero attached hydrogens (tertiary/aromatic N) is 1. The van der Waals surface area contributed by atoms with Crippen LogP contribution in [0.15, 0.2) is 24.3 Å². The third-order valence-electron chi connectivity index (χ3n) is 2.90. The molecule has 1 aliphatic rings. The van der Waals surface area contributed by atoms with Crippen molar-refractivity contribution in [3.63, 3.8) is 0 Å². The minimum absolute atomic E-state index is 0.120. The Balaban J connectivity index is 1.76. The van der Waals surface area contributed by atoms with Gasteiger partial charge in [0, 0.05) is 31.0 Å². The third kappa shape index (κ3) is 3.42. The Bertz CT molecular complexity index is 372. The number of anilines is 1. The maximum Gasteiger partial charge on any atom is 0.269 e. The molecule has 0 bridgehead atoms. The topological polar surface area (TPSA) is 64.4 Å². The van der Waals surface area contributed by atoms with Crippen LogP contribution in [0.3, 0.4) is 0 Å². The van der Waals surface area contributed by atoms with Crippen molar-refractivity contribution in [2.24, 2.45) is 0 Å². The smallest absolute Gasteiger partial charge is 0.269 e. The number of ether oxygens (including phenoxy) is 1. The molecule has 1 unspecified atom stereocenters. The van der Waals surface area contributed by atoms with Gasteiger partial charge in [-0.15, -0.1) is 0 Å². The maximum absolute atomic E-state index is 10.5. The number of hydrogen-bond acceptors (Lipinski definition) is 4. The lowest BCUT2D eigenvalue weighted by atomic mass is 10.2. The van der Waals surface area contributed by atoms with Gasteiger partial charge in [-0.2, -0.15) is 0 Å². The molecule has 2 rings (SSSR count). The summed E-state index contributed by atoms with van der Waals surface area (Å²) in [4.78, 5) is 10.1. The van der Waals surface area contributed by atoms with E-state index in [1.165, 1.54) is 12.1 Å². The summed E-state index contributed by atoms with van der Waals surface area (Å²) in [6.45, 7) is 1.71. The number of hydrogen-bond donors (Lipinski definition) is 1. The van der Waals surface area contributed by atoms with Crippen LogP contribution >= 0.6 is 0 Å². The van der Waals surface area contributed by atoms with Gasteiger partial charge in [-0.05, 0) is 31.4 Å². The molecule has 1 aromatic carbocycles. The molecule has 1 atom stereocenters. The van der Waals surface area contributed by atoms with E-state index in [1.807, 2.05) is 0 Å². The molecule has 1 saturated heterocycles. The zero-order valence-electron chi connectivity index (χ0n) is 9.59. The number of benzene rings is 1. The van der Waals surface area contributed by atoms with Gasteiger partial charge in [-0.25, -0.2) is 0 Å². The Hall–Kier alpha value is -1.62. The van der Waals surface area contributed by atoms with Crippen molar-refractivity contribution in [2.45, 2.75) is 25.4 Å². The monoisotopic (exact) mass is 236 g/mol. The minimum Gasteiger partial charge on any atom is -0.385 e. The molecule has 0 aliphatic carbocycles. The van der Waals surface area contributed by atoms with E-state index < -0.39 is 4.92 Å². The molecular formula is C12H16N2O3. The molecule has 1 fully saturated rings. The maximum atomic E-state index is 10.5. The first-order chi connectivity index (χ1) is 8.25. The molecule has 1 aromatic rings. The molecule has 1 aliphatic heterocycles. The molecule has 0 saturated carbocycles. The van der Waals surface area contributed by atoms with Crippen molar-refractivity contribution < 1.29 is 9.66 Å². The van der Waals surface area contributed by atoms with Crippen LogP contribution in [0.4, 0.5) is 11.4 Å². The minimum atomic E-state index is -0.393. The standard InChI is InChI=1S/C12H16N2O3/c15-14(16)11-5-3-10(4-6-11)13-8-7-12-2-1-9-17-12/h3-6,12-13H,1-2,7-9H2. The Morgan fingerprint density at radius 2 is 2.18 bits per heavy atom. The van der Waals surface area contributed by atoms with Crippen molar-refractivity contribution in [3.05, 3.63) is 34.4 Å². The van der Waals surface area contributed by atoms with Crippen LogP contribution in [0.1, 0.15) is 19.3 Å². The second kappa shape index (κ2) is 5.63. The van der Waals surface area contributed by atoms with Crippen molar-refractivity contribution in [1.29, 1.82) is 0 Å². The van der Waals surface area contributed by atoms with Gasteiger partial charge in [0.15, 0.2) is 0 Å². The summed E-state index contributed by atoms with van der Waals surface area (Å²) in [5, 5.41) is 13.7. The van der Waals surface area contributed by atoms with E-state index in [0.717, 1.165) is 38.1 Å². The van der Waals surface area contributed by atoms with Crippen LogP contribution in [-0.2, 0) is 4.74 Å². The van der Waals surface area contributed by atoms with E-state index >= 15 is 0 Å². The Kier molecular flexibility index (Phi) is 3.93. The Morgan fingerprint density at radius 1 is 1.41 bits per heavy atom. The zero-order chi connectivity index (χ0) is 12.1. The highest BCUT2D eigenvalue weighted by atomic mass is 16.6. The van der Waals surface area contributed by atoms with Gasteiger partial charge < -0.3 is 10.1 Å². The summed E-state index contributed by atoms with van der Waals surface area (Å²) in [6, 6.07) is 6.48. The SMILES string of the molecule is O=[N+]([O-])c1ccc(NCCC2CCCO2)cc1. The molecular weight excluding hydrogens is 220 g/mol. The second-order valence-corrected chi connectivity index (χ2v) is 4.15. The molecule has 5 heteroatoms. The van der Waals surface area contributed by atoms with Crippen LogP contribution in [0.2, 0.25) is 0 Å². The van der Waals surface area contributed by atoms with E-state index in [1.54, 1.807) is 12.1 Å². The van der Waals surface area contributed by atoms with Crippen LogP contribution in [0, 0.1) is 10.1 Å². The summed E-state index contributed by atoms with van der Waals surface area (Å²) < 4.78 is 5.51. The summed E-state index contributed by atoms with van der Waals surface area (Å²) in [6.07, 6.45) is 3.65. The lowest BCUT2D eigenvalue weighted by Gasteiger charge is -2.10. The van der Waals surface area contributed by atoms with Gasteiger partial charge in [0.25, 0.3) is 5.69 Å². The average Bonchev–Trinajstić information content (AvgIpc) is 2.83. The van der Waals surface area contributed by atoms with Crippen LogP contribution in [0.5, 0.6) is 0 Å². The molecule has 0 radical (unpaired) electrons. The number of nitro groups is 1. The predicted octanol–water partition coefficient (Wildman–Crippen LogP) is 2.58. The number of nitro benzene ring substituents is 1. The average molecular weight is 236 g/mol. The van der Waals surface area contributed by atoms with Gasteiger partial charge in [0.05, 0.1) is 11.0 Å². The Labute approximate surface area is 99.9 Å². The summed E-state index contributed by atoms with van der Waals surface area (Å²) >= 11 is 0. The van der Waals surface area contributed by atoms with Crippen LogP contribution < -0.4 is 5.32 Å². The summed E-state index contributed by atoms with van der Waals surface area (Å²) in [7, 11) is 0. The molecule has 1 N–H and O–H groups in total. The van der Waals surface area contributed by atoms with Crippen LogP contribution in [0.25, 0.3) is 0 Å². The zero-order valence-corrected chi connectivity index (χ0v) is 9.59. The lowest BCUT2D eigenvalue weighted by Crippen LogP contribution is -2.12. The van der Waals surface area contributed by atoms with E-state index in [0.29, 0.717) is 6.10 Å². The molecule has 92 valence electrons. The van der Waals surface area contributed by atoms with Crippen molar-refractivity contribution in [3.8, 4) is 0 Å². The fourth-order valence-electron chi connectivity index (χ4n) is 1.95. The van der Waals surface area contributed by atoms with Crippen molar-refractivity contribution >= 4 is 11.4 Å². The first kappa shape index (κ1) is 11.9. The van der Waals surface area contributed by atoms with Crippen molar-refractivity contribution in [1.82, 2.24) is 0 Å². The third-order valence-corrected chi connectivity index (χ3v) is 2.90. The molecule has 5 nitrogen and oxygen atoms in total. The van der Waals surface area contributed by atoms with E-state index in [4.69, 9.17) is 4.74 Å². The molecule has 0 amide bonds. The highest BCUT2D eigenvalue weighted by molar-refractivity contribution is 5.48. The molecule has 0 spiro atoms. The number of non-ortho nitro benzene ring substituents is 1. The first-order valence-electron chi connectivity index (χ1n) is 5.85. The first-order valence-corrected chi connectivity index (χ1v) is 5.85. The highest BCUT2D eigenvalue weighted by Crippen LogP contribution is 2.17. The number of nitrogens with one attached hydrogen (secondary N) is 1. The normalized spacial score (nSPS) is 19.2. The predicted molar refractivity (Wildman–Crippen MR) is 65.2 cm³/mol.